The second-order valence-corrected chi connectivity index (χ2v) is 8.01. The van der Waals surface area contributed by atoms with Crippen LogP contribution >= 0.6 is 0 Å². The molecule has 2 atom stereocenters. The SMILES string of the molecule is O=C(c1ccc(-c2ccccc2)cc1)N1CC(N2C(=O)C3CC=CCC3C2=O)C1. The zero-order valence-corrected chi connectivity index (χ0v) is 16.0. The molecule has 2 fully saturated rings. The van der Waals surface area contributed by atoms with Gasteiger partial charge in [0.15, 0.2) is 0 Å². The van der Waals surface area contributed by atoms with Gasteiger partial charge < -0.3 is 4.90 Å². The number of likely N-dealkylation sites (tertiary alicyclic amines) is 2. The number of imide groups is 1. The summed E-state index contributed by atoms with van der Waals surface area (Å²) < 4.78 is 0. The Balaban J connectivity index is 1.24. The standard InChI is InChI=1S/C24H22N2O3/c27-22(18-12-10-17(11-13-18)16-6-2-1-3-7-16)25-14-19(15-25)26-23(28)20-8-4-5-9-21(20)24(26)29/h1-7,10-13,19-21H,8-9,14-15H2. The number of carbonyl (C=O) groups excluding carboxylic acids is 3. The first-order valence-electron chi connectivity index (χ1n) is 10.1. The molecule has 2 aromatic rings. The van der Waals surface area contributed by atoms with Crippen LogP contribution in [0.3, 0.4) is 0 Å². The van der Waals surface area contributed by atoms with Gasteiger partial charge >= 0.3 is 0 Å². The van der Waals surface area contributed by atoms with Gasteiger partial charge in [-0.3, -0.25) is 19.3 Å². The molecule has 0 saturated carbocycles. The lowest BCUT2D eigenvalue weighted by Gasteiger charge is -2.43. The van der Waals surface area contributed by atoms with Crippen molar-refractivity contribution in [2.45, 2.75) is 18.9 Å². The van der Waals surface area contributed by atoms with Gasteiger partial charge in [0, 0.05) is 18.7 Å². The summed E-state index contributed by atoms with van der Waals surface area (Å²) in [7, 11) is 0. The van der Waals surface area contributed by atoms with Gasteiger partial charge in [-0.25, -0.2) is 0 Å². The Labute approximate surface area is 169 Å². The molecule has 0 spiro atoms. The Morgan fingerprint density at radius 1 is 0.759 bits per heavy atom. The summed E-state index contributed by atoms with van der Waals surface area (Å²) in [6.07, 6.45) is 5.28. The molecule has 2 aromatic carbocycles. The number of hydrogen-bond acceptors (Lipinski definition) is 3. The maximum Gasteiger partial charge on any atom is 0.253 e. The summed E-state index contributed by atoms with van der Waals surface area (Å²) in [5.41, 5.74) is 2.80. The van der Waals surface area contributed by atoms with E-state index in [1.54, 1.807) is 4.90 Å². The maximum absolute atomic E-state index is 12.8. The predicted molar refractivity (Wildman–Crippen MR) is 109 cm³/mol. The van der Waals surface area contributed by atoms with E-state index in [2.05, 4.69) is 0 Å². The Bertz CT molecular complexity index is 965. The monoisotopic (exact) mass is 386 g/mol. The highest BCUT2D eigenvalue weighted by Gasteiger charge is 2.52. The van der Waals surface area contributed by atoms with Crippen molar-refractivity contribution in [3.8, 4) is 11.1 Å². The minimum Gasteiger partial charge on any atom is -0.334 e. The molecule has 0 bridgehead atoms. The molecule has 5 heteroatoms. The highest BCUT2D eigenvalue weighted by Crippen LogP contribution is 2.37. The molecule has 3 amide bonds. The molecule has 0 N–H and O–H groups in total. The van der Waals surface area contributed by atoms with Crippen molar-refractivity contribution in [2.24, 2.45) is 11.8 Å². The summed E-state index contributed by atoms with van der Waals surface area (Å²) in [6, 6.07) is 17.4. The average Bonchev–Trinajstić information content (AvgIpc) is 2.99. The van der Waals surface area contributed by atoms with E-state index in [1.807, 2.05) is 66.7 Å². The molecular weight excluding hydrogens is 364 g/mol. The van der Waals surface area contributed by atoms with Gasteiger partial charge in [-0.1, -0.05) is 54.6 Å². The third-order valence-electron chi connectivity index (χ3n) is 6.30. The molecule has 0 radical (unpaired) electrons. The molecule has 1 aliphatic carbocycles. The fourth-order valence-electron chi connectivity index (χ4n) is 4.59. The van der Waals surface area contributed by atoms with Crippen molar-refractivity contribution in [1.82, 2.24) is 9.80 Å². The van der Waals surface area contributed by atoms with Crippen LogP contribution in [-0.2, 0) is 9.59 Å². The molecule has 29 heavy (non-hydrogen) atoms. The number of rotatable bonds is 3. The van der Waals surface area contributed by atoms with Crippen LogP contribution in [0.4, 0.5) is 0 Å². The largest absolute Gasteiger partial charge is 0.334 e. The lowest BCUT2D eigenvalue weighted by Crippen LogP contribution is -2.62. The number of carbonyl (C=O) groups is 3. The fourth-order valence-corrected chi connectivity index (χ4v) is 4.59. The van der Waals surface area contributed by atoms with Gasteiger partial charge in [0.05, 0.1) is 17.9 Å². The summed E-state index contributed by atoms with van der Waals surface area (Å²) in [6.45, 7) is 0.841. The van der Waals surface area contributed by atoms with E-state index in [0.29, 0.717) is 31.5 Å². The van der Waals surface area contributed by atoms with Gasteiger partial charge in [0.2, 0.25) is 11.8 Å². The normalized spacial score (nSPS) is 23.9. The number of nitrogens with zero attached hydrogens (tertiary/aromatic N) is 2. The average molecular weight is 386 g/mol. The van der Waals surface area contributed by atoms with Gasteiger partial charge in [-0.15, -0.1) is 0 Å². The van der Waals surface area contributed by atoms with E-state index in [-0.39, 0.29) is 35.6 Å². The quantitative estimate of drug-likeness (QED) is 0.602. The molecule has 5 nitrogen and oxygen atoms in total. The molecule has 5 rings (SSSR count). The first kappa shape index (κ1) is 17.9. The van der Waals surface area contributed by atoms with Crippen LogP contribution in [0.1, 0.15) is 23.2 Å². The highest BCUT2D eigenvalue weighted by molar-refractivity contribution is 6.06. The maximum atomic E-state index is 12.8. The third-order valence-corrected chi connectivity index (χ3v) is 6.30. The van der Waals surface area contributed by atoms with Crippen molar-refractivity contribution >= 4 is 17.7 Å². The summed E-state index contributed by atoms with van der Waals surface area (Å²) in [5, 5.41) is 0. The fraction of sp³-hybridized carbons (Fsp3) is 0.292. The molecular formula is C24H22N2O3. The molecule has 3 aliphatic rings. The van der Waals surface area contributed by atoms with Crippen molar-refractivity contribution in [3.63, 3.8) is 0 Å². The second-order valence-electron chi connectivity index (χ2n) is 8.01. The number of benzene rings is 2. The zero-order chi connectivity index (χ0) is 20.0. The van der Waals surface area contributed by atoms with Crippen LogP contribution in [0, 0.1) is 11.8 Å². The number of amides is 3. The molecule has 146 valence electrons. The zero-order valence-electron chi connectivity index (χ0n) is 16.0. The lowest BCUT2D eigenvalue weighted by molar-refractivity contribution is -0.145. The highest BCUT2D eigenvalue weighted by atomic mass is 16.2. The number of allylic oxidation sites excluding steroid dienone is 2. The van der Waals surface area contributed by atoms with E-state index >= 15 is 0 Å². The Morgan fingerprint density at radius 2 is 1.31 bits per heavy atom. The first-order valence-corrected chi connectivity index (χ1v) is 10.1. The first-order chi connectivity index (χ1) is 14.1. The van der Waals surface area contributed by atoms with E-state index in [9.17, 15) is 14.4 Å². The van der Waals surface area contributed by atoms with Crippen LogP contribution in [0.5, 0.6) is 0 Å². The third kappa shape index (κ3) is 2.97. The van der Waals surface area contributed by atoms with Gasteiger partial charge in [-0.05, 0) is 36.1 Å². The van der Waals surface area contributed by atoms with Gasteiger partial charge in [-0.2, -0.15) is 0 Å². The molecule has 0 aromatic heterocycles. The summed E-state index contributed by atoms with van der Waals surface area (Å²) in [4.78, 5) is 41.3. The summed E-state index contributed by atoms with van der Waals surface area (Å²) >= 11 is 0. The van der Waals surface area contributed by atoms with Crippen LogP contribution in [0.2, 0.25) is 0 Å². The van der Waals surface area contributed by atoms with Crippen LogP contribution in [-0.4, -0.2) is 46.7 Å². The van der Waals surface area contributed by atoms with Crippen molar-refractivity contribution in [2.75, 3.05) is 13.1 Å². The minimum atomic E-state index is -0.206. The van der Waals surface area contributed by atoms with Crippen molar-refractivity contribution < 1.29 is 14.4 Å². The van der Waals surface area contributed by atoms with E-state index in [0.717, 1.165) is 11.1 Å². The molecule has 2 saturated heterocycles. The van der Waals surface area contributed by atoms with Gasteiger partial charge in [0.1, 0.15) is 0 Å². The molecule has 2 unspecified atom stereocenters. The van der Waals surface area contributed by atoms with E-state index in [4.69, 9.17) is 0 Å². The Hall–Kier alpha value is -3.21. The Kier molecular flexibility index (Phi) is 4.31. The topological polar surface area (TPSA) is 57.7 Å². The lowest BCUT2D eigenvalue weighted by atomic mass is 9.85. The van der Waals surface area contributed by atoms with E-state index < -0.39 is 0 Å². The van der Waals surface area contributed by atoms with Crippen LogP contribution in [0.25, 0.3) is 11.1 Å². The van der Waals surface area contributed by atoms with Crippen molar-refractivity contribution in [1.29, 1.82) is 0 Å². The van der Waals surface area contributed by atoms with Gasteiger partial charge in [0.25, 0.3) is 5.91 Å². The molecule has 2 aliphatic heterocycles. The minimum absolute atomic E-state index is 0.0564. The van der Waals surface area contributed by atoms with Crippen molar-refractivity contribution in [3.05, 3.63) is 72.3 Å². The predicted octanol–water partition coefficient (Wildman–Crippen LogP) is 3.13. The number of hydrogen-bond donors (Lipinski definition) is 0. The van der Waals surface area contributed by atoms with Crippen LogP contribution < -0.4 is 0 Å². The second kappa shape index (κ2) is 6.99. The molecule has 2 heterocycles. The smallest absolute Gasteiger partial charge is 0.253 e. The van der Waals surface area contributed by atoms with E-state index in [1.165, 1.54) is 4.90 Å². The van der Waals surface area contributed by atoms with Crippen LogP contribution in [0.15, 0.2) is 66.7 Å². The summed E-state index contributed by atoms with van der Waals surface area (Å²) in [5.74, 6) is -0.591. The number of fused-ring (bicyclic) bond motifs is 1. The Morgan fingerprint density at radius 3 is 1.90 bits per heavy atom.